The molecule has 110 valence electrons. The van der Waals surface area contributed by atoms with Crippen molar-refractivity contribution >= 4 is 0 Å². The lowest BCUT2D eigenvalue weighted by Crippen LogP contribution is -2.52. The molecule has 0 spiro atoms. The van der Waals surface area contributed by atoms with Crippen LogP contribution in [0.5, 0.6) is 0 Å². The molecule has 0 aromatic heterocycles. The summed E-state index contributed by atoms with van der Waals surface area (Å²) < 4.78 is 22.6. The van der Waals surface area contributed by atoms with E-state index < -0.39 is 24.3 Å². The van der Waals surface area contributed by atoms with Crippen molar-refractivity contribution in [2.24, 2.45) is 0 Å². The lowest BCUT2D eigenvalue weighted by atomic mass is 10.1. The Morgan fingerprint density at radius 3 is 2.75 bits per heavy atom. The molecule has 5 heteroatoms. The molecule has 2 fully saturated rings. The van der Waals surface area contributed by atoms with Gasteiger partial charge in [-0.25, -0.2) is 0 Å². The molecule has 0 aliphatic carbocycles. The molecule has 3 rings (SSSR count). The summed E-state index contributed by atoms with van der Waals surface area (Å²) in [6, 6.07) is 9.78. The van der Waals surface area contributed by atoms with Gasteiger partial charge >= 0.3 is 0 Å². The molecule has 2 aliphatic rings. The Balaban J connectivity index is 1.59. The first-order valence-corrected chi connectivity index (χ1v) is 6.86. The van der Waals surface area contributed by atoms with E-state index >= 15 is 0 Å². The number of hydrogen-bond acceptors (Lipinski definition) is 5. The van der Waals surface area contributed by atoms with E-state index in [0.29, 0.717) is 13.2 Å². The van der Waals surface area contributed by atoms with Crippen LogP contribution < -0.4 is 0 Å². The molecule has 2 saturated heterocycles. The van der Waals surface area contributed by atoms with Gasteiger partial charge in [0.05, 0.1) is 13.2 Å². The highest BCUT2D eigenvalue weighted by Crippen LogP contribution is 2.34. The summed E-state index contributed by atoms with van der Waals surface area (Å²) in [5.41, 5.74) is 1.04. The summed E-state index contributed by atoms with van der Waals surface area (Å²) >= 11 is 0. The fraction of sp³-hybridized carbons (Fsp3) is 0.600. The molecule has 0 amide bonds. The minimum absolute atomic E-state index is 0.239. The van der Waals surface area contributed by atoms with Crippen LogP contribution in [0.3, 0.4) is 0 Å². The maximum absolute atomic E-state index is 10.3. The fourth-order valence-corrected chi connectivity index (χ4v) is 2.62. The van der Waals surface area contributed by atoms with Gasteiger partial charge in [-0.3, -0.25) is 0 Å². The van der Waals surface area contributed by atoms with Crippen molar-refractivity contribution in [3.8, 4) is 0 Å². The monoisotopic (exact) mass is 280 g/mol. The van der Waals surface area contributed by atoms with E-state index in [1.54, 1.807) is 0 Å². The Labute approximate surface area is 118 Å². The molecule has 4 atom stereocenters. The number of hydrogen-bond donors (Lipinski definition) is 1. The zero-order valence-electron chi connectivity index (χ0n) is 11.7. The standard InChI is InChI=1S/C15H20O5/c1-15(2)19-11-9-18-14(12(16)13(11)20-15)17-8-10-6-4-3-5-7-10/h3-7,11-14,16H,8-9H2,1-2H3/t11-,12+,13-,14-/m0/s1. The van der Waals surface area contributed by atoms with E-state index in [4.69, 9.17) is 18.9 Å². The number of ether oxygens (including phenoxy) is 4. The number of fused-ring (bicyclic) bond motifs is 1. The first kappa shape index (κ1) is 14.0. The van der Waals surface area contributed by atoms with Crippen molar-refractivity contribution in [2.45, 2.75) is 50.8 Å². The summed E-state index contributed by atoms with van der Waals surface area (Å²) in [5.74, 6) is -0.687. The Hall–Kier alpha value is -0.980. The van der Waals surface area contributed by atoms with Crippen LogP contribution in [-0.2, 0) is 25.6 Å². The molecule has 2 heterocycles. The van der Waals surface area contributed by atoms with Crippen LogP contribution in [0.25, 0.3) is 0 Å². The highest BCUT2D eigenvalue weighted by atomic mass is 16.8. The average molecular weight is 280 g/mol. The minimum Gasteiger partial charge on any atom is -0.385 e. The third kappa shape index (κ3) is 2.87. The van der Waals surface area contributed by atoms with Gasteiger partial charge in [-0.2, -0.15) is 0 Å². The van der Waals surface area contributed by atoms with Gasteiger partial charge in [0.25, 0.3) is 0 Å². The molecular formula is C15H20O5. The number of aliphatic hydroxyl groups is 1. The van der Waals surface area contributed by atoms with Crippen molar-refractivity contribution in [1.29, 1.82) is 0 Å². The molecule has 0 saturated carbocycles. The van der Waals surface area contributed by atoms with E-state index in [0.717, 1.165) is 5.56 Å². The van der Waals surface area contributed by atoms with Gasteiger partial charge in [0.1, 0.15) is 18.3 Å². The maximum atomic E-state index is 10.3. The topological polar surface area (TPSA) is 57.2 Å². The van der Waals surface area contributed by atoms with E-state index in [2.05, 4.69) is 0 Å². The Kier molecular flexibility index (Phi) is 3.79. The Morgan fingerprint density at radius 1 is 1.25 bits per heavy atom. The first-order chi connectivity index (χ1) is 9.55. The molecule has 1 N–H and O–H groups in total. The predicted octanol–water partition coefficient (Wildman–Crippen LogP) is 1.44. The van der Waals surface area contributed by atoms with E-state index in [1.807, 2.05) is 44.2 Å². The highest BCUT2D eigenvalue weighted by molar-refractivity contribution is 5.13. The van der Waals surface area contributed by atoms with Crippen LogP contribution in [0.1, 0.15) is 19.4 Å². The second-order valence-electron chi connectivity index (χ2n) is 5.63. The van der Waals surface area contributed by atoms with Crippen molar-refractivity contribution in [3.63, 3.8) is 0 Å². The molecule has 0 bridgehead atoms. The largest absolute Gasteiger partial charge is 0.385 e. The zero-order chi connectivity index (χ0) is 14.2. The number of rotatable bonds is 3. The second kappa shape index (κ2) is 5.42. The predicted molar refractivity (Wildman–Crippen MR) is 70.8 cm³/mol. The normalized spacial score (nSPS) is 35.8. The van der Waals surface area contributed by atoms with Crippen LogP contribution >= 0.6 is 0 Å². The summed E-state index contributed by atoms with van der Waals surface area (Å²) in [4.78, 5) is 0. The molecule has 20 heavy (non-hydrogen) atoms. The van der Waals surface area contributed by atoms with Gasteiger partial charge in [0, 0.05) is 0 Å². The summed E-state index contributed by atoms with van der Waals surface area (Å²) in [6.07, 6.45) is -2.18. The molecular weight excluding hydrogens is 260 g/mol. The molecule has 2 aliphatic heterocycles. The Bertz CT molecular complexity index is 447. The molecule has 5 nitrogen and oxygen atoms in total. The quantitative estimate of drug-likeness (QED) is 0.908. The van der Waals surface area contributed by atoms with Gasteiger partial charge in [-0.15, -0.1) is 0 Å². The van der Waals surface area contributed by atoms with Crippen molar-refractivity contribution in [1.82, 2.24) is 0 Å². The van der Waals surface area contributed by atoms with E-state index in [9.17, 15) is 5.11 Å². The van der Waals surface area contributed by atoms with Crippen molar-refractivity contribution in [3.05, 3.63) is 35.9 Å². The van der Waals surface area contributed by atoms with Crippen LogP contribution in [0.15, 0.2) is 30.3 Å². The first-order valence-electron chi connectivity index (χ1n) is 6.86. The number of aliphatic hydroxyl groups excluding tert-OH is 1. The lowest BCUT2D eigenvalue weighted by Gasteiger charge is -2.34. The molecule has 1 aromatic carbocycles. The van der Waals surface area contributed by atoms with Gasteiger partial charge in [-0.05, 0) is 19.4 Å². The Morgan fingerprint density at radius 2 is 2.00 bits per heavy atom. The average Bonchev–Trinajstić information content (AvgIpc) is 2.75. The van der Waals surface area contributed by atoms with Crippen LogP contribution in [0.4, 0.5) is 0 Å². The van der Waals surface area contributed by atoms with E-state index in [-0.39, 0.29) is 6.10 Å². The van der Waals surface area contributed by atoms with Gasteiger partial charge < -0.3 is 24.1 Å². The van der Waals surface area contributed by atoms with Crippen LogP contribution in [0.2, 0.25) is 0 Å². The van der Waals surface area contributed by atoms with Crippen molar-refractivity contribution < 1.29 is 24.1 Å². The third-order valence-corrected chi connectivity index (χ3v) is 3.52. The SMILES string of the molecule is CC1(C)O[C@@H]2[C@@H](O)[C@@H](OCc3ccccc3)OC[C@@H]2O1. The molecule has 0 unspecified atom stereocenters. The van der Waals surface area contributed by atoms with E-state index in [1.165, 1.54) is 0 Å². The highest BCUT2D eigenvalue weighted by Gasteiger charge is 2.50. The van der Waals surface area contributed by atoms with Gasteiger partial charge in [0.15, 0.2) is 12.1 Å². The summed E-state index contributed by atoms with van der Waals surface area (Å²) in [6.45, 7) is 4.42. The zero-order valence-corrected chi connectivity index (χ0v) is 11.7. The summed E-state index contributed by atoms with van der Waals surface area (Å²) in [7, 11) is 0. The third-order valence-electron chi connectivity index (χ3n) is 3.52. The molecule has 0 radical (unpaired) electrons. The van der Waals surface area contributed by atoms with Crippen LogP contribution in [0, 0.1) is 0 Å². The van der Waals surface area contributed by atoms with Gasteiger partial charge in [-0.1, -0.05) is 30.3 Å². The summed E-state index contributed by atoms with van der Waals surface area (Å²) in [5, 5.41) is 10.3. The number of benzene rings is 1. The molecule has 1 aromatic rings. The smallest absolute Gasteiger partial charge is 0.186 e. The maximum Gasteiger partial charge on any atom is 0.186 e. The van der Waals surface area contributed by atoms with Crippen LogP contribution in [-0.4, -0.2) is 42.1 Å². The second-order valence-corrected chi connectivity index (χ2v) is 5.63. The minimum atomic E-state index is -0.848. The van der Waals surface area contributed by atoms with Crippen molar-refractivity contribution in [2.75, 3.05) is 6.61 Å². The fourth-order valence-electron chi connectivity index (χ4n) is 2.62. The lowest BCUT2D eigenvalue weighted by molar-refractivity contribution is -0.255. The van der Waals surface area contributed by atoms with Gasteiger partial charge in [0.2, 0.25) is 0 Å².